The Morgan fingerprint density at radius 1 is 1.16 bits per heavy atom. The normalized spacial score (nSPS) is 14.9. The van der Waals surface area contributed by atoms with E-state index in [4.69, 9.17) is 5.14 Å². The Balaban J connectivity index is 1.49. The van der Waals surface area contributed by atoms with Gasteiger partial charge in [0.25, 0.3) is 0 Å². The van der Waals surface area contributed by atoms with E-state index >= 15 is 0 Å². The molecule has 4 N–H and O–H groups in total. The topological polar surface area (TPSA) is 53.3 Å². The predicted molar refractivity (Wildman–Crippen MR) is 137 cm³/mol. The molecule has 162 valence electrons. The molecule has 2 heterocycles. The van der Waals surface area contributed by atoms with Crippen molar-refractivity contribution in [3.8, 4) is 11.8 Å². The van der Waals surface area contributed by atoms with E-state index in [0.29, 0.717) is 12.6 Å². The van der Waals surface area contributed by atoms with E-state index in [-0.39, 0.29) is 0 Å². The number of hydrogen-bond donors (Lipinski definition) is 3. The Kier molecular flexibility index (Phi) is 7.41. The third-order valence-corrected chi connectivity index (χ3v) is 7.56. The Hall–Kier alpha value is -2.17. The Morgan fingerprint density at radius 2 is 1.94 bits per heavy atom. The minimum atomic E-state index is 0.553. The number of fused-ring (bicyclic) bond motifs is 1. The monoisotopic (exact) mass is 450 g/mol. The average molecular weight is 451 g/mol. The Morgan fingerprint density at radius 3 is 2.65 bits per heavy atom. The molecular formula is C25H30N4S2. The molecule has 1 aromatic heterocycles. The molecule has 3 aromatic rings. The van der Waals surface area contributed by atoms with Gasteiger partial charge in [0, 0.05) is 16.6 Å². The van der Waals surface area contributed by atoms with Crippen LogP contribution in [-0.4, -0.2) is 37.6 Å². The molecule has 0 aliphatic carbocycles. The largest absolute Gasteiger partial charge is 0.381 e. The highest BCUT2D eigenvalue weighted by Gasteiger charge is 2.18. The number of hydrogen-bond acceptors (Lipinski definition) is 6. The van der Waals surface area contributed by atoms with Crippen molar-refractivity contribution in [2.24, 2.45) is 5.14 Å². The van der Waals surface area contributed by atoms with E-state index in [1.54, 1.807) is 0 Å². The van der Waals surface area contributed by atoms with Crippen molar-refractivity contribution in [1.29, 1.82) is 0 Å². The third-order valence-electron chi connectivity index (χ3n) is 5.82. The number of nitrogens with one attached hydrogen (secondary N) is 2. The number of nitrogens with two attached hydrogens (primary N) is 1. The van der Waals surface area contributed by atoms with Crippen molar-refractivity contribution in [2.45, 2.75) is 37.1 Å². The van der Waals surface area contributed by atoms with Crippen molar-refractivity contribution in [3.05, 3.63) is 52.9 Å². The maximum absolute atomic E-state index is 5.58. The second-order valence-electron chi connectivity index (χ2n) is 7.96. The smallest absolute Gasteiger partial charge is 0.0814 e. The molecule has 0 unspecified atom stereocenters. The zero-order valence-corrected chi connectivity index (χ0v) is 19.8. The number of benzene rings is 2. The van der Waals surface area contributed by atoms with Crippen LogP contribution in [0.25, 0.3) is 10.1 Å². The van der Waals surface area contributed by atoms with Gasteiger partial charge >= 0.3 is 0 Å². The molecule has 1 aliphatic rings. The van der Waals surface area contributed by atoms with Gasteiger partial charge in [-0.25, -0.2) is 0 Å². The Bertz CT molecular complexity index is 1070. The molecule has 6 heteroatoms. The number of anilines is 2. The molecule has 0 spiro atoms. The van der Waals surface area contributed by atoms with E-state index in [1.165, 1.54) is 51.0 Å². The SMILES string of the molecule is CCc1c(C#CCNc2ccc(SN)cc2)sc2c(NC3CCN(C)CC3)cccc12. The van der Waals surface area contributed by atoms with Crippen molar-refractivity contribution in [1.82, 2.24) is 4.90 Å². The lowest BCUT2D eigenvalue weighted by molar-refractivity contribution is 0.264. The summed E-state index contributed by atoms with van der Waals surface area (Å²) in [4.78, 5) is 4.65. The Labute approximate surface area is 193 Å². The highest BCUT2D eigenvalue weighted by atomic mass is 32.2. The molecule has 1 fully saturated rings. The number of rotatable bonds is 6. The van der Waals surface area contributed by atoms with E-state index in [2.05, 4.69) is 59.5 Å². The molecule has 0 amide bonds. The molecule has 1 aliphatic heterocycles. The standard InChI is InChI=1S/C25H30N4S2/c1-3-21-22-6-4-7-23(28-19-13-16-29(2)17-14-19)25(22)30-24(21)8-5-15-27-18-9-11-20(31-26)12-10-18/h4,6-7,9-12,19,27-28H,3,13-17,26H2,1-2H3. The van der Waals surface area contributed by atoms with Crippen LogP contribution < -0.4 is 15.8 Å². The van der Waals surface area contributed by atoms with Gasteiger partial charge in [0.05, 0.1) is 21.8 Å². The van der Waals surface area contributed by atoms with E-state index in [1.807, 2.05) is 35.6 Å². The van der Waals surface area contributed by atoms with Gasteiger partial charge in [0.15, 0.2) is 0 Å². The highest BCUT2D eigenvalue weighted by Crippen LogP contribution is 2.37. The zero-order chi connectivity index (χ0) is 21.6. The molecule has 4 rings (SSSR count). The average Bonchev–Trinajstić information content (AvgIpc) is 3.17. The van der Waals surface area contributed by atoms with Crippen LogP contribution in [0.3, 0.4) is 0 Å². The van der Waals surface area contributed by atoms with Crippen molar-refractivity contribution < 1.29 is 0 Å². The summed E-state index contributed by atoms with van der Waals surface area (Å²) < 4.78 is 1.34. The van der Waals surface area contributed by atoms with Crippen LogP contribution in [0.2, 0.25) is 0 Å². The fraction of sp³-hybridized carbons (Fsp3) is 0.360. The fourth-order valence-corrected chi connectivity index (χ4v) is 5.57. The number of piperidine rings is 1. The van der Waals surface area contributed by atoms with Crippen LogP contribution in [0, 0.1) is 11.8 Å². The summed E-state index contributed by atoms with van der Waals surface area (Å²) in [6.07, 6.45) is 3.39. The summed E-state index contributed by atoms with van der Waals surface area (Å²) >= 11 is 3.08. The maximum atomic E-state index is 5.58. The number of aryl methyl sites for hydroxylation is 1. The first kappa shape index (κ1) is 22.0. The van der Waals surface area contributed by atoms with Crippen LogP contribution in [0.1, 0.15) is 30.2 Å². The molecule has 0 bridgehead atoms. The van der Waals surface area contributed by atoms with Crippen molar-refractivity contribution in [2.75, 3.05) is 37.3 Å². The lowest BCUT2D eigenvalue weighted by atomic mass is 10.0. The highest BCUT2D eigenvalue weighted by molar-refractivity contribution is 7.97. The van der Waals surface area contributed by atoms with Gasteiger partial charge in [-0.05, 0) is 92.6 Å². The van der Waals surface area contributed by atoms with Crippen LogP contribution in [0.4, 0.5) is 11.4 Å². The summed E-state index contributed by atoms with van der Waals surface area (Å²) in [5, 5.41) is 14.1. The lowest BCUT2D eigenvalue weighted by Crippen LogP contribution is -2.36. The molecule has 1 saturated heterocycles. The second-order valence-corrected chi connectivity index (χ2v) is 9.69. The molecule has 0 atom stereocenters. The van der Waals surface area contributed by atoms with Gasteiger partial charge in [-0.1, -0.05) is 30.9 Å². The zero-order valence-electron chi connectivity index (χ0n) is 18.2. The number of thiophene rings is 1. The summed E-state index contributed by atoms with van der Waals surface area (Å²) in [7, 11) is 2.21. The third kappa shape index (κ3) is 5.36. The fourth-order valence-electron chi connectivity index (χ4n) is 4.03. The van der Waals surface area contributed by atoms with Crippen molar-refractivity contribution in [3.63, 3.8) is 0 Å². The summed E-state index contributed by atoms with van der Waals surface area (Å²) in [5.74, 6) is 6.74. The molecular weight excluding hydrogens is 420 g/mol. The maximum Gasteiger partial charge on any atom is 0.0814 e. The first-order chi connectivity index (χ1) is 15.2. The number of nitrogens with zero attached hydrogens (tertiary/aromatic N) is 1. The van der Waals surface area contributed by atoms with Crippen molar-refractivity contribution >= 4 is 44.7 Å². The van der Waals surface area contributed by atoms with Gasteiger partial charge in [0.1, 0.15) is 0 Å². The lowest BCUT2D eigenvalue weighted by Gasteiger charge is -2.30. The summed E-state index contributed by atoms with van der Waals surface area (Å²) in [5.41, 5.74) is 3.68. The van der Waals surface area contributed by atoms with E-state index < -0.39 is 0 Å². The quantitative estimate of drug-likeness (QED) is 0.347. The predicted octanol–water partition coefficient (Wildman–Crippen LogP) is 5.40. The molecule has 31 heavy (non-hydrogen) atoms. The van der Waals surface area contributed by atoms with Gasteiger partial charge in [-0.3, -0.25) is 5.14 Å². The van der Waals surface area contributed by atoms with Crippen LogP contribution in [0.15, 0.2) is 47.4 Å². The van der Waals surface area contributed by atoms with Gasteiger partial charge in [-0.2, -0.15) is 0 Å². The van der Waals surface area contributed by atoms with E-state index in [0.717, 1.165) is 30.1 Å². The molecule has 4 nitrogen and oxygen atoms in total. The van der Waals surface area contributed by atoms with Gasteiger partial charge in [-0.15, -0.1) is 11.3 Å². The summed E-state index contributed by atoms with van der Waals surface area (Å²) in [6, 6.07) is 15.3. The van der Waals surface area contributed by atoms with Gasteiger partial charge in [0.2, 0.25) is 0 Å². The van der Waals surface area contributed by atoms with Crippen LogP contribution in [0.5, 0.6) is 0 Å². The van der Waals surface area contributed by atoms with E-state index in [9.17, 15) is 0 Å². The second kappa shape index (κ2) is 10.4. The summed E-state index contributed by atoms with van der Waals surface area (Å²) in [6.45, 7) is 5.16. The number of likely N-dealkylation sites (tertiary alicyclic amines) is 1. The first-order valence-corrected chi connectivity index (χ1v) is 12.6. The molecule has 0 radical (unpaired) electrons. The van der Waals surface area contributed by atoms with Crippen LogP contribution in [-0.2, 0) is 6.42 Å². The molecule has 2 aromatic carbocycles. The minimum Gasteiger partial charge on any atom is -0.381 e. The minimum absolute atomic E-state index is 0.553. The first-order valence-electron chi connectivity index (χ1n) is 10.9. The van der Waals surface area contributed by atoms with Gasteiger partial charge < -0.3 is 15.5 Å². The van der Waals surface area contributed by atoms with Crippen LogP contribution >= 0.6 is 23.3 Å². The molecule has 0 saturated carbocycles.